The number of hydrogen-bond acceptors (Lipinski definition) is 4. The second kappa shape index (κ2) is 9.92. The van der Waals surface area contributed by atoms with Gasteiger partial charge in [0.2, 0.25) is 0 Å². The van der Waals surface area contributed by atoms with Crippen LogP contribution in [0.15, 0.2) is 127 Å². The monoisotopic (exact) mass is 543 g/mol. The first-order chi connectivity index (χ1) is 20.3. The van der Waals surface area contributed by atoms with E-state index in [-0.39, 0.29) is 0 Å². The molecule has 0 unspecified atom stereocenters. The molecule has 7 aromatic rings. The molecule has 0 N–H and O–H groups in total. The molecule has 0 amide bonds. The Balaban J connectivity index is 1.28. The van der Waals surface area contributed by atoms with E-state index in [1.165, 1.54) is 36.5 Å². The first-order valence-electron chi connectivity index (χ1n) is 13.9. The van der Waals surface area contributed by atoms with Crippen LogP contribution in [0.25, 0.3) is 70.4 Å². The summed E-state index contributed by atoms with van der Waals surface area (Å²) in [6.45, 7) is 0. The zero-order valence-corrected chi connectivity index (χ0v) is 23.1. The van der Waals surface area contributed by atoms with Crippen LogP contribution < -0.4 is 0 Å². The van der Waals surface area contributed by atoms with E-state index in [4.69, 9.17) is 15.0 Å². The predicted octanol–water partition coefficient (Wildman–Crippen LogP) is 10.1. The molecular formula is C37H25N3S. The lowest BCUT2D eigenvalue weighted by Crippen LogP contribution is -2.03. The Labute approximate surface area is 242 Å². The molecule has 0 radical (unpaired) electrons. The second-order valence-corrected chi connectivity index (χ2v) is 11.4. The van der Waals surface area contributed by atoms with Gasteiger partial charge in [0, 0.05) is 42.3 Å². The van der Waals surface area contributed by atoms with E-state index in [9.17, 15) is 0 Å². The Kier molecular flexibility index (Phi) is 5.78. The number of fused-ring (bicyclic) bond motifs is 5. The van der Waals surface area contributed by atoms with Crippen LogP contribution in [0, 0.1) is 0 Å². The van der Waals surface area contributed by atoms with E-state index in [0.29, 0.717) is 17.5 Å². The highest BCUT2D eigenvalue weighted by molar-refractivity contribution is 7.26. The SMILES string of the molecule is C1=CC(c2nc(-c3ccccc3)nc(-c3cccc(-c4cccc5c4ccc4c6ccccc6sc54)c3)n2)=CCC1. The molecule has 1 aliphatic carbocycles. The standard InChI is InChI=1S/C37H25N3S/c1-3-11-24(12-4-1)35-38-36(25-13-5-2-6-14-25)40-37(39-35)27-16-9-15-26(23-27)28-18-10-19-31-29(28)21-22-32-30-17-7-8-20-33(30)41-34(31)32/h1,3-5,7-23H,2,6H2. The van der Waals surface area contributed by atoms with Crippen molar-refractivity contribution >= 4 is 47.9 Å². The van der Waals surface area contributed by atoms with Crippen molar-refractivity contribution < 1.29 is 0 Å². The number of thiophene rings is 1. The lowest BCUT2D eigenvalue weighted by atomic mass is 9.95. The van der Waals surface area contributed by atoms with Gasteiger partial charge in [0.1, 0.15) is 0 Å². The summed E-state index contributed by atoms with van der Waals surface area (Å²) in [5.41, 5.74) is 5.36. The number of allylic oxidation sites excluding steroid dienone is 4. The third kappa shape index (κ3) is 4.24. The number of hydrogen-bond donors (Lipinski definition) is 0. The zero-order chi connectivity index (χ0) is 27.2. The van der Waals surface area contributed by atoms with Crippen LogP contribution in [0.5, 0.6) is 0 Å². The van der Waals surface area contributed by atoms with E-state index in [2.05, 4.69) is 109 Å². The highest BCUT2D eigenvalue weighted by Crippen LogP contribution is 2.41. The molecule has 0 aliphatic heterocycles. The average Bonchev–Trinajstić information content (AvgIpc) is 3.44. The van der Waals surface area contributed by atoms with Crippen molar-refractivity contribution in [2.45, 2.75) is 12.8 Å². The maximum Gasteiger partial charge on any atom is 0.164 e. The molecule has 0 saturated carbocycles. The van der Waals surface area contributed by atoms with Gasteiger partial charge in [-0.25, -0.2) is 15.0 Å². The molecule has 2 heterocycles. The van der Waals surface area contributed by atoms with Gasteiger partial charge in [-0.05, 0) is 41.5 Å². The summed E-state index contributed by atoms with van der Waals surface area (Å²) in [7, 11) is 0. The van der Waals surface area contributed by atoms with E-state index in [0.717, 1.165) is 35.1 Å². The van der Waals surface area contributed by atoms with E-state index >= 15 is 0 Å². The van der Waals surface area contributed by atoms with E-state index in [1.54, 1.807) is 0 Å². The molecule has 8 rings (SSSR count). The molecule has 2 aromatic heterocycles. The van der Waals surface area contributed by atoms with Crippen LogP contribution in [0.2, 0.25) is 0 Å². The van der Waals surface area contributed by atoms with Crippen molar-refractivity contribution in [2.75, 3.05) is 0 Å². The fraction of sp³-hybridized carbons (Fsp3) is 0.0541. The summed E-state index contributed by atoms with van der Waals surface area (Å²) < 4.78 is 2.66. The minimum atomic E-state index is 0.683. The Morgan fingerprint density at radius 3 is 2.07 bits per heavy atom. The third-order valence-electron chi connectivity index (χ3n) is 7.75. The minimum absolute atomic E-state index is 0.683. The van der Waals surface area contributed by atoms with Crippen LogP contribution in [-0.2, 0) is 0 Å². The maximum atomic E-state index is 4.98. The van der Waals surface area contributed by atoms with Crippen LogP contribution >= 0.6 is 11.3 Å². The summed E-state index contributed by atoms with van der Waals surface area (Å²) in [6.07, 6.45) is 8.58. The lowest BCUT2D eigenvalue weighted by Gasteiger charge is -2.12. The van der Waals surface area contributed by atoms with Crippen molar-refractivity contribution in [3.63, 3.8) is 0 Å². The Hall–Kier alpha value is -4.93. The number of benzene rings is 5. The molecule has 0 fully saturated rings. The van der Waals surface area contributed by atoms with Crippen molar-refractivity contribution in [2.24, 2.45) is 0 Å². The molecule has 0 saturated heterocycles. The Bertz CT molecular complexity index is 2160. The summed E-state index contributed by atoms with van der Waals surface area (Å²) in [5.74, 6) is 2.09. The Morgan fingerprint density at radius 1 is 0.512 bits per heavy atom. The van der Waals surface area contributed by atoms with Crippen LogP contribution in [0.4, 0.5) is 0 Å². The molecule has 194 valence electrons. The van der Waals surface area contributed by atoms with E-state index in [1.807, 2.05) is 29.5 Å². The first kappa shape index (κ1) is 23.9. The lowest BCUT2D eigenvalue weighted by molar-refractivity contribution is 1.01. The summed E-state index contributed by atoms with van der Waals surface area (Å²) in [5, 5.41) is 5.18. The molecule has 0 bridgehead atoms. The number of nitrogens with zero attached hydrogens (tertiary/aromatic N) is 3. The molecule has 0 atom stereocenters. The normalized spacial score (nSPS) is 13.2. The maximum absolute atomic E-state index is 4.98. The molecular weight excluding hydrogens is 518 g/mol. The van der Waals surface area contributed by atoms with E-state index < -0.39 is 0 Å². The molecule has 5 aromatic carbocycles. The first-order valence-corrected chi connectivity index (χ1v) is 14.8. The van der Waals surface area contributed by atoms with Crippen molar-refractivity contribution in [1.82, 2.24) is 15.0 Å². The number of aromatic nitrogens is 3. The zero-order valence-electron chi connectivity index (χ0n) is 22.3. The molecule has 4 heteroatoms. The van der Waals surface area contributed by atoms with Crippen molar-refractivity contribution in [3.05, 3.63) is 133 Å². The van der Waals surface area contributed by atoms with Gasteiger partial charge in [-0.2, -0.15) is 0 Å². The van der Waals surface area contributed by atoms with Gasteiger partial charge in [-0.1, -0.05) is 115 Å². The summed E-state index contributed by atoms with van der Waals surface area (Å²) in [6, 6.07) is 38.6. The fourth-order valence-electron chi connectivity index (χ4n) is 5.75. The van der Waals surface area contributed by atoms with Crippen molar-refractivity contribution in [1.29, 1.82) is 0 Å². The number of rotatable bonds is 4. The topological polar surface area (TPSA) is 38.7 Å². The van der Waals surface area contributed by atoms with Gasteiger partial charge in [0.05, 0.1) is 0 Å². The van der Waals surface area contributed by atoms with Crippen molar-refractivity contribution in [3.8, 4) is 33.9 Å². The van der Waals surface area contributed by atoms with Gasteiger partial charge in [0.15, 0.2) is 17.5 Å². The largest absolute Gasteiger partial charge is 0.208 e. The van der Waals surface area contributed by atoms with Gasteiger partial charge in [-0.3, -0.25) is 0 Å². The van der Waals surface area contributed by atoms with Gasteiger partial charge in [0.25, 0.3) is 0 Å². The Morgan fingerprint density at radius 2 is 1.20 bits per heavy atom. The average molecular weight is 544 g/mol. The highest BCUT2D eigenvalue weighted by atomic mass is 32.1. The third-order valence-corrected chi connectivity index (χ3v) is 8.97. The van der Waals surface area contributed by atoms with Gasteiger partial charge < -0.3 is 0 Å². The second-order valence-electron chi connectivity index (χ2n) is 10.3. The molecule has 0 spiro atoms. The molecule has 3 nitrogen and oxygen atoms in total. The van der Waals surface area contributed by atoms with Crippen LogP contribution in [0.1, 0.15) is 18.7 Å². The van der Waals surface area contributed by atoms with Crippen LogP contribution in [-0.4, -0.2) is 15.0 Å². The fourth-order valence-corrected chi connectivity index (χ4v) is 6.98. The smallest absolute Gasteiger partial charge is 0.164 e. The van der Waals surface area contributed by atoms with Gasteiger partial charge >= 0.3 is 0 Å². The minimum Gasteiger partial charge on any atom is -0.208 e. The summed E-state index contributed by atoms with van der Waals surface area (Å²) >= 11 is 1.87. The predicted molar refractivity (Wildman–Crippen MR) is 173 cm³/mol. The summed E-state index contributed by atoms with van der Waals surface area (Å²) in [4.78, 5) is 14.8. The highest BCUT2D eigenvalue weighted by Gasteiger charge is 2.15. The molecule has 41 heavy (non-hydrogen) atoms. The van der Waals surface area contributed by atoms with Crippen LogP contribution in [0.3, 0.4) is 0 Å². The van der Waals surface area contributed by atoms with Gasteiger partial charge in [-0.15, -0.1) is 11.3 Å². The quantitative estimate of drug-likeness (QED) is 0.222. The molecule has 1 aliphatic rings.